The molecule has 4 nitrogen and oxygen atoms in total. The summed E-state index contributed by atoms with van der Waals surface area (Å²) in [5.74, 6) is 0.449. The molecule has 0 unspecified atom stereocenters. The molecule has 150 valence electrons. The lowest BCUT2D eigenvalue weighted by Gasteiger charge is -2.16. The number of nitrogens with zero attached hydrogens (tertiary/aromatic N) is 2. The van der Waals surface area contributed by atoms with Crippen molar-refractivity contribution < 1.29 is 4.79 Å². The molecule has 0 aliphatic carbocycles. The van der Waals surface area contributed by atoms with Gasteiger partial charge in [0, 0.05) is 31.5 Å². The fourth-order valence-corrected chi connectivity index (χ4v) is 4.67. The van der Waals surface area contributed by atoms with Crippen LogP contribution in [0, 0.1) is 0 Å². The molecule has 4 rings (SSSR count). The van der Waals surface area contributed by atoms with Crippen LogP contribution in [0.2, 0.25) is 0 Å². The van der Waals surface area contributed by atoms with E-state index in [4.69, 9.17) is 5.73 Å². The van der Waals surface area contributed by atoms with Crippen molar-refractivity contribution in [3.05, 3.63) is 65.2 Å². The number of fused-ring (bicyclic) bond motifs is 1. The van der Waals surface area contributed by atoms with Crippen LogP contribution in [-0.4, -0.2) is 34.9 Å². The molecule has 1 amide bonds. The number of carbonyl (C=O) groups is 1. The first kappa shape index (κ1) is 22.6. The number of aryl methyl sites for hydroxylation is 1. The van der Waals surface area contributed by atoms with E-state index >= 15 is 0 Å². The second-order valence-electron chi connectivity index (χ2n) is 6.91. The van der Waals surface area contributed by atoms with Crippen molar-refractivity contribution in [1.29, 1.82) is 0 Å². The van der Waals surface area contributed by atoms with Crippen LogP contribution in [0.5, 0.6) is 0 Å². The van der Waals surface area contributed by atoms with Crippen LogP contribution in [-0.2, 0) is 11.2 Å². The molecule has 7 heteroatoms. The number of likely N-dealkylation sites (tertiary alicyclic amines) is 1. The van der Waals surface area contributed by atoms with E-state index in [0.29, 0.717) is 13.0 Å². The predicted octanol–water partition coefficient (Wildman–Crippen LogP) is 4.42. The summed E-state index contributed by atoms with van der Waals surface area (Å²) in [6.07, 6.45) is 2.25. The highest BCUT2D eigenvalue weighted by Crippen LogP contribution is 2.27. The third-order valence-corrected chi connectivity index (χ3v) is 6.16. The third-order valence-electron chi connectivity index (χ3n) is 5.07. The molecule has 1 aliphatic heterocycles. The van der Waals surface area contributed by atoms with Gasteiger partial charge >= 0.3 is 0 Å². The molecule has 2 aromatic carbocycles. The Labute approximate surface area is 182 Å². The first-order valence-corrected chi connectivity index (χ1v) is 9.95. The summed E-state index contributed by atoms with van der Waals surface area (Å²) in [6, 6.07) is 18.5. The maximum absolute atomic E-state index is 12.6. The fraction of sp³-hybridized carbons (Fsp3) is 0.333. The van der Waals surface area contributed by atoms with Crippen LogP contribution in [0.4, 0.5) is 0 Å². The first-order chi connectivity index (χ1) is 12.7. The molecule has 0 spiro atoms. The maximum Gasteiger partial charge on any atom is 0.222 e. The van der Waals surface area contributed by atoms with E-state index in [2.05, 4.69) is 23.2 Å². The number of benzene rings is 2. The average molecular weight is 438 g/mol. The number of thiazole rings is 1. The molecule has 0 bridgehead atoms. The van der Waals surface area contributed by atoms with Crippen molar-refractivity contribution in [2.24, 2.45) is 5.73 Å². The zero-order valence-electron chi connectivity index (χ0n) is 15.5. The second-order valence-corrected chi connectivity index (χ2v) is 8.02. The quantitative estimate of drug-likeness (QED) is 0.642. The normalized spacial score (nSPS) is 18.5. The van der Waals surface area contributed by atoms with E-state index in [9.17, 15) is 4.79 Å². The molecule has 1 fully saturated rings. The first-order valence-electron chi connectivity index (χ1n) is 9.13. The van der Waals surface area contributed by atoms with Crippen LogP contribution in [0.15, 0.2) is 54.6 Å². The fourth-order valence-electron chi connectivity index (χ4n) is 3.66. The van der Waals surface area contributed by atoms with Crippen LogP contribution in [0.1, 0.15) is 29.3 Å². The van der Waals surface area contributed by atoms with Crippen molar-refractivity contribution in [3.63, 3.8) is 0 Å². The molecular weight excluding hydrogens is 413 g/mol. The number of amides is 1. The van der Waals surface area contributed by atoms with Crippen molar-refractivity contribution in [2.45, 2.75) is 31.2 Å². The van der Waals surface area contributed by atoms with Gasteiger partial charge in [0.05, 0.1) is 15.2 Å². The minimum absolute atomic E-state index is 0. The van der Waals surface area contributed by atoms with Gasteiger partial charge in [-0.15, -0.1) is 36.2 Å². The number of halogens is 2. The zero-order chi connectivity index (χ0) is 17.9. The molecule has 1 aromatic heterocycles. The van der Waals surface area contributed by atoms with Crippen molar-refractivity contribution in [3.8, 4) is 0 Å². The topological polar surface area (TPSA) is 59.2 Å². The predicted molar refractivity (Wildman–Crippen MR) is 121 cm³/mol. The summed E-state index contributed by atoms with van der Waals surface area (Å²) in [5.41, 5.74) is 8.58. The summed E-state index contributed by atoms with van der Waals surface area (Å²) in [7, 11) is 0. The molecule has 3 aromatic rings. The van der Waals surface area contributed by atoms with E-state index in [1.54, 1.807) is 11.3 Å². The van der Waals surface area contributed by atoms with Gasteiger partial charge in [-0.2, -0.15) is 0 Å². The highest BCUT2D eigenvalue weighted by atomic mass is 35.5. The Morgan fingerprint density at radius 1 is 1.07 bits per heavy atom. The van der Waals surface area contributed by atoms with Gasteiger partial charge in [0.15, 0.2) is 0 Å². The minimum Gasteiger partial charge on any atom is -0.340 e. The van der Waals surface area contributed by atoms with Gasteiger partial charge in [0.2, 0.25) is 5.91 Å². The van der Waals surface area contributed by atoms with Crippen molar-refractivity contribution in [1.82, 2.24) is 9.88 Å². The number of para-hydroxylation sites is 1. The Morgan fingerprint density at radius 2 is 1.79 bits per heavy atom. The van der Waals surface area contributed by atoms with Gasteiger partial charge in [0.1, 0.15) is 0 Å². The maximum atomic E-state index is 12.6. The molecular formula is C21H25Cl2N3OS. The number of rotatable bonds is 5. The highest BCUT2D eigenvalue weighted by Gasteiger charge is 2.33. The molecule has 0 radical (unpaired) electrons. The van der Waals surface area contributed by atoms with Crippen LogP contribution < -0.4 is 5.73 Å². The molecule has 0 saturated carbocycles. The Morgan fingerprint density at radius 3 is 2.54 bits per heavy atom. The summed E-state index contributed by atoms with van der Waals surface area (Å²) in [5, 5.41) is 1.11. The lowest BCUT2D eigenvalue weighted by molar-refractivity contribution is -0.130. The van der Waals surface area contributed by atoms with Crippen molar-refractivity contribution >= 4 is 52.3 Å². The Hall–Kier alpha value is -1.66. The molecule has 2 N–H and O–H groups in total. The molecule has 2 atom stereocenters. The van der Waals surface area contributed by atoms with Gasteiger partial charge in [-0.3, -0.25) is 4.79 Å². The lowest BCUT2D eigenvalue weighted by Crippen LogP contribution is -2.32. The summed E-state index contributed by atoms with van der Waals surface area (Å²) in [4.78, 5) is 19.2. The summed E-state index contributed by atoms with van der Waals surface area (Å²) in [6.45, 7) is 1.38. The van der Waals surface area contributed by atoms with E-state index in [0.717, 1.165) is 29.9 Å². The molecule has 1 aliphatic rings. The number of carbonyl (C=O) groups excluding carboxylic acids is 1. The lowest BCUT2D eigenvalue weighted by atomic mass is 9.95. The SMILES string of the molecule is Cl.Cl.N[C@@H]1CN(C(=O)CCCc2nc3ccccc3s2)C[C@H]1c1ccccc1. The minimum atomic E-state index is 0. The second kappa shape index (κ2) is 10.2. The van der Waals surface area contributed by atoms with Gasteiger partial charge < -0.3 is 10.6 Å². The standard InChI is InChI=1S/C21H23N3OS.2ClH/c22-17-14-24(13-16(17)15-7-2-1-3-8-15)21(25)12-6-11-20-23-18-9-4-5-10-19(18)26-20;;/h1-5,7-10,16-17H,6,11-14,22H2;2*1H/t16-,17+;;/m0../s1. The van der Waals surface area contributed by atoms with E-state index in [-0.39, 0.29) is 42.7 Å². The molecule has 2 heterocycles. The van der Waals surface area contributed by atoms with E-state index in [1.165, 1.54) is 10.3 Å². The largest absolute Gasteiger partial charge is 0.340 e. The van der Waals surface area contributed by atoms with Gasteiger partial charge in [0.25, 0.3) is 0 Å². The smallest absolute Gasteiger partial charge is 0.222 e. The summed E-state index contributed by atoms with van der Waals surface area (Å²) < 4.78 is 1.21. The monoisotopic (exact) mass is 437 g/mol. The number of aromatic nitrogens is 1. The highest BCUT2D eigenvalue weighted by molar-refractivity contribution is 7.18. The average Bonchev–Trinajstić information content (AvgIpc) is 3.25. The Bertz CT molecular complexity index is 870. The van der Waals surface area contributed by atoms with E-state index < -0.39 is 0 Å². The van der Waals surface area contributed by atoms with Gasteiger partial charge in [-0.05, 0) is 30.5 Å². The van der Waals surface area contributed by atoms with Gasteiger partial charge in [-0.1, -0.05) is 42.5 Å². The van der Waals surface area contributed by atoms with Crippen LogP contribution in [0.25, 0.3) is 10.2 Å². The number of nitrogens with two attached hydrogens (primary N) is 1. The van der Waals surface area contributed by atoms with Crippen molar-refractivity contribution in [2.75, 3.05) is 13.1 Å². The molecule has 28 heavy (non-hydrogen) atoms. The van der Waals surface area contributed by atoms with E-state index in [1.807, 2.05) is 41.3 Å². The number of hydrogen-bond acceptors (Lipinski definition) is 4. The van der Waals surface area contributed by atoms with Gasteiger partial charge in [-0.25, -0.2) is 4.98 Å². The van der Waals surface area contributed by atoms with Crippen LogP contribution >= 0.6 is 36.2 Å². The number of hydrogen-bond donors (Lipinski definition) is 1. The van der Waals surface area contributed by atoms with Crippen LogP contribution in [0.3, 0.4) is 0 Å². The Kier molecular flexibility index (Phi) is 8.25. The third kappa shape index (κ3) is 5.03. The summed E-state index contributed by atoms with van der Waals surface area (Å²) >= 11 is 1.72. The molecule has 1 saturated heterocycles. The zero-order valence-corrected chi connectivity index (χ0v) is 17.9. The Balaban J connectivity index is 0.00000140.